The molecule has 2 aromatic rings. The van der Waals surface area contributed by atoms with Gasteiger partial charge in [-0.15, -0.1) is 0 Å². The molecule has 2 rings (SSSR count). The molecule has 0 bridgehead atoms. The summed E-state index contributed by atoms with van der Waals surface area (Å²) in [6.07, 6.45) is 2.49. The maximum Gasteiger partial charge on any atom is 0.354 e. The molecule has 1 aromatic heterocycles. The summed E-state index contributed by atoms with van der Waals surface area (Å²) >= 11 is 0. The molecule has 0 aliphatic rings. The summed E-state index contributed by atoms with van der Waals surface area (Å²) in [4.78, 5) is 14.3. The third kappa shape index (κ3) is 2.14. The standard InChI is InChI=1S/C13H13NO2/c1-16-13(15)12-11(7-8-14-12)9-10-5-3-2-4-6-10/h2-8,14H,9H2,1H3. The van der Waals surface area contributed by atoms with Crippen LogP contribution in [0.5, 0.6) is 0 Å². The first-order valence-electron chi connectivity index (χ1n) is 5.09. The molecule has 3 nitrogen and oxygen atoms in total. The molecule has 0 aliphatic heterocycles. The summed E-state index contributed by atoms with van der Waals surface area (Å²) in [5, 5.41) is 0. The fourth-order valence-electron chi connectivity index (χ4n) is 1.66. The molecule has 0 spiro atoms. The van der Waals surface area contributed by atoms with E-state index < -0.39 is 0 Å². The SMILES string of the molecule is COC(=O)c1[nH]ccc1Cc1ccccc1. The van der Waals surface area contributed by atoms with Crippen LogP contribution in [0.15, 0.2) is 42.6 Å². The molecule has 1 N–H and O–H groups in total. The number of ether oxygens (including phenoxy) is 1. The Bertz CT molecular complexity index is 474. The van der Waals surface area contributed by atoms with Crippen molar-refractivity contribution in [1.29, 1.82) is 0 Å². The number of esters is 1. The minimum Gasteiger partial charge on any atom is -0.464 e. The second-order valence-corrected chi connectivity index (χ2v) is 3.53. The molecule has 0 aliphatic carbocycles. The van der Waals surface area contributed by atoms with E-state index in [1.807, 2.05) is 36.4 Å². The van der Waals surface area contributed by atoms with Gasteiger partial charge in [0.1, 0.15) is 5.69 Å². The lowest BCUT2D eigenvalue weighted by Gasteiger charge is -2.02. The molecule has 0 fully saturated rings. The third-order valence-corrected chi connectivity index (χ3v) is 2.46. The number of hydrogen-bond acceptors (Lipinski definition) is 2. The highest BCUT2D eigenvalue weighted by Gasteiger charge is 2.12. The zero-order chi connectivity index (χ0) is 11.4. The lowest BCUT2D eigenvalue weighted by molar-refractivity contribution is 0.0593. The van der Waals surface area contributed by atoms with E-state index in [9.17, 15) is 4.79 Å². The van der Waals surface area contributed by atoms with E-state index in [-0.39, 0.29) is 5.97 Å². The van der Waals surface area contributed by atoms with Crippen LogP contribution in [-0.2, 0) is 11.2 Å². The zero-order valence-corrected chi connectivity index (χ0v) is 9.07. The van der Waals surface area contributed by atoms with Gasteiger partial charge in [0, 0.05) is 6.20 Å². The Morgan fingerprint density at radius 2 is 2.00 bits per heavy atom. The summed E-state index contributed by atoms with van der Waals surface area (Å²) in [6, 6.07) is 11.9. The normalized spacial score (nSPS) is 10.1. The molecular formula is C13H13NO2. The van der Waals surface area contributed by atoms with Crippen molar-refractivity contribution in [2.24, 2.45) is 0 Å². The Labute approximate surface area is 94.1 Å². The van der Waals surface area contributed by atoms with Crippen molar-refractivity contribution in [2.45, 2.75) is 6.42 Å². The molecule has 0 atom stereocenters. The van der Waals surface area contributed by atoms with E-state index in [0.717, 1.165) is 12.0 Å². The van der Waals surface area contributed by atoms with Crippen LogP contribution in [-0.4, -0.2) is 18.1 Å². The Balaban J connectivity index is 2.22. The van der Waals surface area contributed by atoms with E-state index in [1.165, 1.54) is 12.7 Å². The number of benzene rings is 1. The van der Waals surface area contributed by atoms with Crippen LogP contribution < -0.4 is 0 Å². The van der Waals surface area contributed by atoms with Crippen molar-refractivity contribution in [1.82, 2.24) is 4.98 Å². The Kier molecular flexibility index (Phi) is 3.05. The molecule has 0 saturated heterocycles. The summed E-state index contributed by atoms with van der Waals surface area (Å²) < 4.78 is 4.70. The summed E-state index contributed by atoms with van der Waals surface area (Å²) in [5.41, 5.74) is 2.66. The smallest absolute Gasteiger partial charge is 0.354 e. The average molecular weight is 215 g/mol. The maximum absolute atomic E-state index is 11.4. The van der Waals surface area contributed by atoms with E-state index in [1.54, 1.807) is 6.20 Å². The Morgan fingerprint density at radius 3 is 2.69 bits per heavy atom. The molecule has 82 valence electrons. The van der Waals surface area contributed by atoms with Crippen LogP contribution in [0.3, 0.4) is 0 Å². The number of nitrogens with one attached hydrogen (secondary N) is 1. The lowest BCUT2D eigenvalue weighted by atomic mass is 10.1. The molecule has 1 heterocycles. The number of hydrogen-bond donors (Lipinski definition) is 1. The van der Waals surface area contributed by atoms with E-state index in [0.29, 0.717) is 5.69 Å². The number of carbonyl (C=O) groups is 1. The number of H-pyrrole nitrogens is 1. The fraction of sp³-hybridized carbons (Fsp3) is 0.154. The van der Waals surface area contributed by atoms with Gasteiger partial charge in [0.05, 0.1) is 7.11 Å². The van der Waals surface area contributed by atoms with Crippen LogP contribution in [0.25, 0.3) is 0 Å². The lowest BCUT2D eigenvalue weighted by Crippen LogP contribution is -2.05. The van der Waals surface area contributed by atoms with Gasteiger partial charge >= 0.3 is 5.97 Å². The van der Waals surface area contributed by atoms with E-state index in [2.05, 4.69) is 4.98 Å². The second kappa shape index (κ2) is 4.66. The van der Waals surface area contributed by atoms with Crippen LogP contribution in [0, 0.1) is 0 Å². The predicted molar refractivity (Wildman–Crippen MR) is 61.4 cm³/mol. The van der Waals surface area contributed by atoms with Crippen LogP contribution >= 0.6 is 0 Å². The van der Waals surface area contributed by atoms with Gasteiger partial charge in [0.2, 0.25) is 0 Å². The molecule has 0 unspecified atom stereocenters. The van der Waals surface area contributed by atoms with Gasteiger partial charge in [-0.3, -0.25) is 0 Å². The molecule has 1 aromatic carbocycles. The monoisotopic (exact) mass is 215 g/mol. The van der Waals surface area contributed by atoms with Crippen molar-refractivity contribution < 1.29 is 9.53 Å². The highest BCUT2D eigenvalue weighted by Crippen LogP contribution is 2.13. The fourth-order valence-corrected chi connectivity index (χ4v) is 1.66. The summed E-state index contributed by atoms with van der Waals surface area (Å²) in [6.45, 7) is 0. The molecule has 0 radical (unpaired) electrons. The largest absolute Gasteiger partial charge is 0.464 e. The number of aromatic nitrogens is 1. The van der Waals surface area contributed by atoms with Gasteiger partial charge in [-0.2, -0.15) is 0 Å². The zero-order valence-electron chi connectivity index (χ0n) is 9.07. The maximum atomic E-state index is 11.4. The number of methoxy groups -OCH3 is 1. The Morgan fingerprint density at radius 1 is 1.25 bits per heavy atom. The highest BCUT2D eigenvalue weighted by molar-refractivity contribution is 5.89. The number of rotatable bonds is 3. The Hall–Kier alpha value is -2.03. The van der Waals surface area contributed by atoms with Crippen LogP contribution in [0.4, 0.5) is 0 Å². The van der Waals surface area contributed by atoms with Gasteiger partial charge in [0.15, 0.2) is 0 Å². The van der Waals surface area contributed by atoms with Crippen molar-refractivity contribution in [3.63, 3.8) is 0 Å². The predicted octanol–water partition coefficient (Wildman–Crippen LogP) is 2.39. The van der Waals surface area contributed by atoms with E-state index in [4.69, 9.17) is 4.74 Å². The summed E-state index contributed by atoms with van der Waals surface area (Å²) in [7, 11) is 1.38. The first kappa shape index (κ1) is 10.5. The van der Waals surface area contributed by atoms with Gasteiger partial charge in [0.25, 0.3) is 0 Å². The minimum atomic E-state index is -0.323. The van der Waals surface area contributed by atoms with Crippen LogP contribution in [0.2, 0.25) is 0 Å². The van der Waals surface area contributed by atoms with Crippen molar-refractivity contribution in [3.8, 4) is 0 Å². The first-order chi connectivity index (χ1) is 7.81. The van der Waals surface area contributed by atoms with Crippen molar-refractivity contribution in [3.05, 3.63) is 59.4 Å². The average Bonchev–Trinajstić information content (AvgIpc) is 2.77. The molecular weight excluding hydrogens is 202 g/mol. The molecule has 3 heteroatoms. The van der Waals surface area contributed by atoms with E-state index >= 15 is 0 Å². The van der Waals surface area contributed by atoms with Gasteiger partial charge in [-0.1, -0.05) is 30.3 Å². The minimum absolute atomic E-state index is 0.323. The van der Waals surface area contributed by atoms with Gasteiger partial charge in [-0.05, 0) is 23.6 Å². The first-order valence-corrected chi connectivity index (χ1v) is 5.09. The number of carbonyl (C=O) groups excluding carboxylic acids is 1. The summed E-state index contributed by atoms with van der Waals surface area (Å²) in [5.74, 6) is -0.323. The number of aromatic amines is 1. The topological polar surface area (TPSA) is 42.1 Å². The molecule has 16 heavy (non-hydrogen) atoms. The quantitative estimate of drug-likeness (QED) is 0.799. The molecule has 0 amide bonds. The highest BCUT2D eigenvalue weighted by atomic mass is 16.5. The molecule has 0 saturated carbocycles. The third-order valence-electron chi connectivity index (χ3n) is 2.46. The van der Waals surface area contributed by atoms with Crippen LogP contribution in [0.1, 0.15) is 21.6 Å². The second-order valence-electron chi connectivity index (χ2n) is 3.53. The van der Waals surface area contributed by atoms with Crippen molar-refractivity contribution in [2.75, 3.05) is 7.11 Å². The van der Waals surface area contributed by atoms with Gasteiger partial charge < -0.3 is 9.72 Å². The van der Waals surface area contributed by atoms with Crippen molar-refractivity contribution >= 4 is 5.97 Å². The van der Waals surface area contributed by atoms with Gasteiger partial charge in [-0.25, -0.2) is 4.79 Å².